The van der Waals surface area contributed by atoms with Crippen LogP contribution >= 0.6 is 0 Å². The van der Waals surface area contributed by atoms with Crippen LogP contribution in [0.5, 0.6) is 0 Å². The van der Waals surface area contributed by atoms with Crippen LogP contribution in [0.2, 0.25) is 0 Å². The summed E-state index contributed by atoms with van der Waals surface area (Å²) in [6, 6.07) is 0. The fraction of sp³-hybridized carbons (Fsp3) is 1.00. The van der Waals surface area contributed by atoms with Crippen molar-refractivity contribution in [1.82, 2.24) is 4.65 Å². The minimum atomic E-state index is -1.94. The Hall–Kier alpha value is 0.234. The molecule has 1 N–H and O–H groups in total. The maximum absolute atomic E-state index is 5.81. The second kappa shape index (κ2) is 6.98. The monoisotopic (exact) mass is 281 g/mol. The van der Waals surface area contributed by atoms with Gasteiger partial charge in [-0.2, -0.15) is 0 Å². The minimum Gasteiger partial charge on any atom is -0.389 e. The lowest BCUT2D eigenvalue weighted by molar-refractivity contribution is 0.0723. The minimum absolute atomic E-state index is 0.228. The standard InChI is InChI=1S/C10H27NO4Si2/c1-9(2,3)14-16(12-7)11-17(13-8)15-10(4,5)6/h11,16-17H,1-8H3. The molecule has 2 atom stereocenters. The van der Waals surface area contributed by atoms with Crippen LogP contribution in [-0.4, -0.2) is 44.3 Å². The summed E-state index contributed by atoms with van der Waals surface area (Å²) in [7, 11) is -0.589. The third-order valence-electron chi connectivity index (χ3n) is 1.62. The normalized spacial score (nSPS) is 16.9. The molecule has 0 aliphatic carbocycles. The van der Waals surface area contributed by atoms with Crippen molar-refractivity contribution < 1.29 is 17.7 Å². The molecule has 0 saturated heterocycles. The third kappa shape index (κ3) is 9.89. The maximum atomic E-state index is 5.81. The highest BCUT2D eigenvalue weighted by Crippen LogP contribution is 2.10. The van der Waals surface area contributed by atoms with Crippen LogP contribution in [0.15, 0.2) is 0 Å². The average Bonchev–Trinajstić information content (AvgIpc) is 2.11. The molecular weight excluding hydrogens is 254 g/mol. The third-order valence-corrected chi connectivity index (χ3v) is 6.50. The highest BCUT2D eigenvalue weighted by atomic mass is 28.4. The van der Waals surface area contributed by atoms with E-state index >= 15 is 0 Å². The number of hydrogen-bond acceptors (Lipinski definition) is 5. The molecule has 17 heavy (non-hydrogen) atoms. The van der Waals surface area contributed by atoms with Crippen molar-refractivity contribution in [3.8, 4) is 0 Å². The molecule has 104 valence electrons. The highest BCUT2D eigenvalue weighted by Gasteiger charge is 2.28. The SMILES string of the molecule is CO[SiH](N[SiH](OC)OC(C)(C)C)OC(C)(C)C. The van der Waals surface area contributed by atoms with E-state index in [0.717, 1.165) is 0 Å². The van der Waals surface area contributed by atoms with Gasteiger partial charge in [0.2, 0.25) is 0 Å². The van der Waals surface area contributed by atoms with Gasteiger partial charge in [0, 0.05) is 14.2 Å². The van der Waals surface area contributed by atoms with Gasteiger partial charge >= 0.3 is 18.9 Å². The predicted molar refractivity (Wildman–Crippen MR) is 73.1 cm³/mol. The van der Waals surface area contributed by atoms with Crippen LogP contribution in [0, 0.1) is 0 Å². The van der Waals surface area contributed by atoms with Gasteiger partial charge in [0.1, 0.15) is 0 Å². The van der Waals surface area contributed by atoms with E-state index in [-0.39, 0.29) is 11.2 Å². The van der Waals surface area contributed by atoms with E-state index in [1.54, 1.807) is 14.2 Å². The molecular formula is C10H27NO4Si2. The Balaban J connectivity index is 4.32. The molecule has 0 bridgehead atoms. The van der Waals surface area contributed by atoms with Crippen LogP contribution in [0.25, 0.3) is 0 Å². The quantitative estimate of drug-likeness (QED) is 0.734. The zero-order valence-corrected chi connectivity index (χ0v) is 14.6. The van der Waals surface area contributed by atoms with Crippen molar-refractivity contribution in [2.24, 2.45) is 0 Å². The van der Waals surface area contributed by atoms with E-state index in [9.17, 15) is 0 Å². The van der Waals surface area contributed by atoms with E-state index < -0.39 is 18.9 Å². The summed E-state index contributed by atoms with van der Waals surface area (Å²) in [5.74, 6) is 0. The molecule has 0 spiro atoms. The van der Waals surface area contributed by atoms with Crippen molar-refractivity contribution in [1.29, 1.82) is 0 Å². The summed E-state index contributed by atoms with van der Waals surface area (Å²) in [4.78, 5) is 0. The summed E-state index contributed by atoms with van der Waals surface area (Å²) in [6.07, 6.45) is 0. The zero-order chi connectivity index (χ0) is 13.7. The number of hydrogen-bond donors (Lipinski definition) is 1. The van der Waals surface area contributed by atoms with E-state index in [0.29, 0.717) is 0 Å². The van der Waals surface area contributed by atoms with Crippen LogP contribution in [0.4, 0.5) is 0 Å². The molecule has 0 aromatic carbocycles. The Labute approximate surface area is 109 Å². The van der Waals surface area contributed by atoms with E-state index in [1.165, 1.54) is 0 Å². The average molecular weight is 282 g/mol. The first-order valence-electron chi connectivity index (χ1n) is 5.74. The maximum Gasteiger partial charge on any atom is 0.404 e. The summed E-state index contributed by atoms with van der Waals surface area (Å²) in [6.45, 7) is 12.0. The lowest BCUT2D eigenvalue weighted by Gasteiger charge is -2.30. The van der Waals surface area contributed by atoms with Crippen molar-refractivity contribution >= 4 is 18.9 Å². The molecule has 7 heteroatoms. The second-order valence-electron chi connectivity index (χ2n) is 5.76. The summed E-state index contributed by atoms with van der Waals surface area (Å²) >= 11 is 0. The van der Waals surface area contributed by atoms with Gasteiger partial charge in [0.05, 0.1) is 11.2 Å². The smallest absolute Gasteiger partial charge is 0.389 e. The molecule has 0 aromatic rings. The molecule has 0 saturated carbocycles. The zero-order valence-electron chi connectivity index (χ0n) is 12.3. The van der Waals surface area contributed by atoms with Crippen LogP contribution < -0.4 is 4.65 Å². The Morgan fingerprint density at radius 3 is 1.18 bits per heavy atom. The van der Waals surface area contributed by atoms with Gasteiger partial charge in [0.25, 0.3) is 0 Å². The van der Waals surface area contributed by atoms with Crippen molar-refractivity contribution in [3.05, 3.63) is 0 Å². The van der Waals surface area contributed by atoms with E-state index in [4.69, 9.17) is 17.7 Å². The molecule has 0 fully saturated rings. The predicted octanol–water partition coefficient (Wildman–Crippen LogP) is 0.933. The van der Waals surface area contributed by atoms with Gasteiger partial charge in [-0.15, -0.1) is 0 Å². The van der Waals surface area contributed by atoms with E-state index in [1.807, 2.05) is 41.5 Å². The van der Waals surface area contributed by atoms with Gasteiger partial charge in [-0.25, -0.2) is 0 Å². The topological polar surface area (TPSA) is 49.0 Å². The molecule has 2 unspecified atom stereocenters. The largest absolute Gasteiger partial charge is 0.404 e. The van der Waals surface area contributed by atoms with Gasteiger partial charge in [-0.1, -0.05) is 0 Å². The van der Waals surface area contributed by atoms with Crippen LogP contribution in [0.1, 0.15) is 41.5 Å². The van der Waals surface area contributed by atoms with Gasteiger partial charge in [0.15, 0.2) is 0 Å². The highest BCUT2D eigenvalue weighted by molar-refractivity contribution is 6.59. The summed E-state index contributed by atoms with van der Waals surface area (Å²) in [5.41, 5.74) is -0.456. The Morgan fingerprint density at radius 1 is 0.706 bits per heavy atom. The van der Waals surface area contributed by atoms with Gasteiger partial charge in [-0.05, 0) is 41.5 Å². The first kappa shape index (κ1) is 17.2. The molecule has 0 aliphatic rings. The fourth-order valence-electron chi connectivity index (χ4n) is 1.05. The lowest BCUT2D eigenvalue weighted by atomic mass is 10.2. The van der Waals surface area contributed by atoms with Gasteiger partial charge in [-0.3, -0.25) is 4.65 Å². The van der Waals surface area contributed by atoms with Gasteiger partial charge < -0.3 is 17.7 Å². The summed E-state index contributed by atoms with van der Waals surface area (Å²) in [5, 5.41) is 0. The van der Waals surface area contributed by atoms with Crippen LogP contribution in [0.3, 0.4) is 0 Å². The second-order valence-corrected chi connectivity index (χ2v) is 9.84. The molecule has 0 heterocycles. The fourth-order valence-corrected chi connectivity index (χ4v) is 5.05. The van der Waals surface area contributed by atoms with Crippen molar-refractivity contribution in [2.45, 2.75) is 52.7 Å². The molecule has 0 amide bonds. The van der Waals surface area contributed by atoms with Crippen molar-refractivity contribution in [3.63, 3.8) is 0 Å². The number of nitrogens with one attached hydrogen (secondary N) is 1. The molecule has 5 nitrogen and oxygen atoms in total. The Bertz CT molecular complexity index is 193. The first-order chi connectivity index (χ1) is 7.57. The molecule has 0 radical (unpaired) electrons. The summed E-state index contributed by atoms with van der Waals surface area (Å²) < 4.78 is 25.6. The van der Waals surface area contributed by atoms with Crippen molar-refractivity contribution in [2.75, 3.05) is 14.2 Å². The number of rotatable bonds is 6. The van der Waals surface area contributed by atoms with Crippen LogP contribution in [-0.2, 0) is 17.7 Å². The van der Waals surface area contributed by atoms with E-state index in [2.05, 4.69) is 4.65 Å². The molecule has 0 aliphatic heterocycles. The lowest BCUT2D eigenvalue weighted by Crippen LogP contribution is -2.55. The Kier molecular flexibility index (Phi) is 7.07. The molecule has 0 aromatic heterocycles. The Morgan fingerprint density at radius 2 is 1.00 bits per heavy atom. The first-order valence-corrected chi connectivity index (χ1v) is 8.79. The molecule has 0 rings (SSSR count).